The number of hydrogen-bond acceptors (Lipinski definition) is 6. The van der Waals surface area contributed by atoms with Gasteiger partial charge in [-0.25, -0.2) is 18.6 Å². The maximum atomic E-state index is 13.2. The molecule has 7 nitrogen and oxygen atoms in total. The standard InChI is InChI=1S/C19H17F2N3O4/c1-9(25)10-3-5-11(6-4-10)24-17-12(7-8-13(23-17)16(20)21)15(22)14(18(24)26)19(27)28-2/h3-9,16,25H,22H2,1-2H3. The van der Waals surface area contributed by atoms with Gasteiger partial charge in [0, 0.05) is 5.39 Å². The summed E-state index contributed by atoms with van der Waals surface area (Å²) in [6.07, 6.45) is -3.59. The first-order valence-electron chi connectivity index (χ1n) is 8.26. The molecule has 0 aliphatic rings. The normalized spacial score (nSPS) is 12.4. The maximum absolute atomic E-state index is 13.2. The number of fused-ring (bicyclic) bond motifs is 1. The van der Waals surface area contributed by atoms with Crippen molar-refractivity contribution < 1.29 is 23.4 Å². The van der Waals surface area contributed by atoms with Gasteiger partial charge in [0.2, 0.25) is 0 Å². The van der Waals surface area contributed by atoms with Gasteiger partial charge in [-0.05, 0) is 36.8 Å². The van der Waals surface area contributed by atoms with Crippen LogP contribution in [0.15, 0.2) is 41.2 Å². The van der Waals surface area contributed by atoms with Crippen LogP contribution in [0.1, 0.15) is 41.1 Å². The number of carbonyl (C=O) groups excluding carboxylic acids is 1. The third-order valence-electron chi connectivity index (χ3n) is 4.33. The number of rotatable bonds is 4. The van der Waals surface area contributed by atoms with Gasteiger partial charge in [0.15, 0.2) is 0 Å². The van der Waals surface area contributed by atoms with Crippen LogP contribution in [0.25, 0.3) is 16.7 Å². The van der Waals surface area contributed by atoms with E-state index in [9.17, 15) is 23.5 Å². The van der Waals surface area contributed by atoms with E-state index in [-0.39, 0.29) is 22.4 Å². The fourth-order valence-electron chi connectivity index (χ4n) is 2.86. The second kappa shape index (κ2) is 7.35. The average molecular weight is 389 g/mol. The SMILES string of the molecule is COC(=O)c1c(N)c2ccc(C(F)F)nc2n(-c2ccc(C(C)O)cc2)c1=O. The summed E-state index contributed by atoms with van der Waals surface area (Å²) in [4.78, 5) is 29.0. The highest BCUT2D eigenvalue weighted by molar-refractivity contribution is 6.03. The highest BCUT2D eigenvalue weighted by Crippen LogP contribution is 2.27. The van der Waals surface area contributed by atoms with Gasteiger partial charge < -0.3 is 15.6 Å². The van der Waals surface area contributed by atoms with Crippen molar-refractivity contribution >= 4 is 22.7 Å². The minimum atomic E-state index is -2.85. The van der Waals surface area contributed by atoms with Gasteiger partial charge in [0.25, 0.3) is 12.0 Å². The van der Waals surface area contributed by atoms with E-state index in [2.05, 4.69) is 9.72 Å². The summed E-state index contributed by atoms with van der Waals surface area (Å²) in [5.41, 5.74) is 4.71. The van der Waals surface area contributed by atoms with Crippen LogP contribution in [-0.2, 0) is 4.74 Å². The molecule has 28 heavy (non-hydrogen) atoms. The Kier molecular flexibility index (Phi) is 5.10. The molecule has 0 fully saturated rings. The van der Waals surface area contributed by atoms with Gasteiger partial charge in [-0.15, -0.1) is 0 Å². The first-order valence-corrected chi connectivity index (χ1v) is 8.26. The number of carbonyl (C=O) groups is 1. The minimum Gasteiger partial charge on any atom is -0.465 e. The van der Waals surface area contributed by atoms with Crippen LogP contribution in [0.3, 0.4) is 0 Å². The minimum absolute atomic E-state index is 0.113. The number of anilines is 1. The summed E-state index contributed by atoms with van der Waals surface area (Å²) < 4.78 is 32.0. The lowest BCUT2D eigenvalue weighted by Gasteiger charge is -2.15. The molecule has 0 saturated heterocycles. The smallest absolute Gasteiger partial charge is 0.345 e. The zero-order chi connectivity index (χ0) is 20.6. The van der Waals surface area contributed by atoms with Crippen LogP contribution in [0, 0.1) is 0 Å². The van der Waals surface area contributed by atoms with E-state index in [4.69, 9.17) is 5.73 Å². The van der Waals surface area contributed by atoms with Crippen LogP contribution in [-0.4, -0.2) is 27.7 Å². The number of nitrogens with zero attached hydrogens (tertiary/aromatic N) is 2. The topological polar surface area (TPSA) is 107 Å². The molecule has 3 rings (SSSR count). The van der Waals surface area contributed by atoms with Crippen molar-refractivity contribution in [2.75, 3.05) is 12.8 Å². The van der Waals surface area contributed by atoms with Gasteiger partial charge in [-0.1, -0.05) is 12.1 Å². The second-order valence-electron chi connectivity index (χ2n) is 6.10. The van der Waals surface area contributed by atoms with E-state index in [0.717, 1.165) is 17.7 Å². The van der Waals surface area contributed by atoms with Crippen LogP contribution in [0.2, 0.25) is 0 Å². The van der Waals surface area contributed by atoms with E-state index in [1.807, 2.05) is 0 Å². The van der Waals surface area contributed by atoms with Crippen LogP contribution >= 0.6 is 0 Å². The fourth-order valence-corrected chi connectivity index (χ4v) is 2.86. The molecule has 0 bridgehead atoms. The number of methoxy groups -OCH3 is 1. The number of aliphatic hydroxyl groups excluding tert-OH is 1. The number of hydrogen-bond donors (Lipinski definition) is 2. The third-order valence-corrected chi connectivity index (χ3v) is 4.33. The summed E-state index contributed by atoms with van der Waals surface area (Å²) in [7, 11) is 1.10. The predicted octanol–water partition coefficient (Wildman–Crippen LogP) is 2.75. The Morgan fingerprint density at radius 2 is 1.86 bits per heavy atom. The summed E-state index contributed by atoms with van der Waals surface area (Å²) in [5, 5.41) is 9.81. The number of halogens is 2. The summed E-state index contributed by atoms with van der Waals surface area (Å²) in [5.74, 6) is -0.948. The van der Waals surface area contributed by atoms with Crippen LogP contribution < -0.4 is 11.3 Å². The van der Waals surface area contributed by atoms with Crippen molar-refractivity contribution in [3.05, 3.63) is 63.6 Å². The molecule has 2 aromatic heterocycles. The zero-order valence-corrected chi connectivity index (χ0v) is 15.0. The molecule has 0 aliphatic carbocycles. The van der Waals surface area contributed by atoms with E-state index < -0.39 is 35.3 Å². The molecule has 1 atom stereocenters. The van der Waals surface area contributed by atoms with Gasteiger partial charge in [-0.2, -0.15) is 0 Å². The lowest BCUT2D eigenvalue weighted by Crippen LogP contribution is -2.29. The summed E-state index contributed by atoms with van der Waals surface area (Å²) in [6, 6.07) is 8.53. The molecule has 0 saturated carbocycles. The lowest BCUT2D eigenvalue weighted by atomic mass is 10.1. The molecule has 0 amide bonds. The Morgan fingerprint density at radius 1 is 1.21 bits per heavy atom. The molecule has 3 aromatic rings. The molecule has 0 spiro atoms. The molecular formula is C19H17F2N3O4. The molecule has 1 aromatic carbocycles. The van der Waals surface area contributed by atoms with E-state index in [1.54, 1.807) is 19.1 Å². The van der Waals surface area contributed by atoms with Gasteiger partial charge in [0.1, 0.15) is 16.9 Å². The van der Waals surface area contributed by atoms with E-state index in [0.29, 0.717) is 5.56 Å². The highest BCUT2D eigenvalue weighted by Gasteiger charge is 2.24. The van der Waals surface area contributed by atoms with Crippen molar-refractivity contribution in [1.29, 1.82) is 0 Å². The van der Waals surface area contributed by atoms with Crippen molar-refractivity contribution in [1.82, 2.24) is 9.55 Å². The Morgan fingerprint density at radius 3 is 2.39 bits per heavy atom. The lowest BCUT2D eigenvalue weighted by molar-refractivity contribution is 0.0599. The number of benzene rings is 1. The molecule has 0 aliphatic heterocycles. The predicted molar refractivity (Wildman–Crippen MR) is 98.7 cm³/mol. The largest absolute Gasteiger partial charge is 0.465 e. The number of ether oxygens (including phenoxy) is 1. The monoisotopic (exact) mass is 389 g/mol. The first-order chi connectivity index (χ1) is 13.3. The molecule has 9 heteroatoms. The number of esters is 1. The number of nitrogen functional groups attached to an aromatic ring is 1. The van der Waals surface area contributed by atoms with Gasteiger partial charge in [-0.3, -0.25) is 9.36 Å². The Labute approximate surface area is 158 Å². The number of aromatic nitrogens is 2. The molecular weight excluding hydrogens is 372 g/mol. The Balaban J connectivity index is 2.42. The van der Waals surface area contributed by atoms with Crippen molar-refractivity contribution in [3.63, 3.8) is 0 Å². The third kappa shape index (κ3) is 3.20. The number of aliphatic hydroxyl groups is 1. The maximum Gasteiger partial charge on any atom is 0.345 e. The molecule has 0 radical (unpaired) electrons. The summed E-state index contributed by atoms with van der Waals surface area (Å²) >= 11 is 0. The molecule has 146 valence electrons. The number of nitrogens with two attached hydrogens (primary N) is 1. The number of alkyl halides is 2. The highest BCUT2D eigenvalue weighted by atomic mass is 19.3. The first kappa shape index (κ1) is 19.4. The molecule has 3 N–H and O–H groups in total. The van der Waals surface area contributed by atoms with E-state index in [1.165, 1.54) is 18.2 Å². The van der Waals surface area contributed by atoms with Crippen molar-refractivity contribution in [3.8, 4) is 5.69 Å². The Bertz CT molecular complexity index is 1110. The zero-order valence-electron chi connectivity index (χ0n) is 15.0. The second-order valence-corrected chi connectivity index (χ2v) is 6.10. The van der Waals surface area contributed by atoms with Crippen LogP contribution in [0.5, 0.6) is 0 Å². The van der Waals surface area contributed by atoms with Crippen LogP contribution in [0.4, 0.5) is 14.5 Å². The number of pyridine rings is 2. The quantitative estimate of drug-likeness (QED) is 0.665. The fraction of sp³-hybridized carbons (Fsp3) is 0.211. The van der Waals surface area contributed by atoms with Crippen molar-refractivity contribution in [2.45, 2.75) is 19.5 Å². The average Bonchev–Trinajstić information content (AvgIpc) is 2.67. The molecule has 2 heterocycles. The van der Waals surface area contributed by atoms with E-state index >= 15 is 0 Å². The van der Waals surface area contributed by atoms with Gasteiger partial charge in [0.05, 0.1) is 24.6 Å². The Hall–Kier alpha value is -3.33. The summed E-state index contributed by atoms with van der Waals surface area (Å²) in [6.45, 7) is 1.58. The van der Waals surface area contributed by atoms with Crippen molar-refractivity contribution in [2.24, 2.45) is 0 Å². The van der Waals surface area contributed by atoms with Gasteiger partial charge >= 0.3 is 5.97 Å². The molecule has 1 unspecified atom stereocenters.